The minimum atomic E-state index is -4.69. The van der Waals surface area contributed by atoms with Crippen molar-refractivity contribution in [2.24, 2.45) is 7.05 Å². The molecule has 9 nitrogen and oxygen atoms in total. The van der Waals surface area contributed by atoms with Crippen molar-refractivity contribution in [1.29, 1.82) is 0 Å². The molecule has 0 fully saturated rings. The number of fused-ring (bicyclic) bond motifs is 1. The highest BCUT2D eigenvalue weighted by molar-refractivity contribution is 6.29. The van der Waals surface area contributed by atoms with Gasteiger partial charge in [0.1, 0.15) is 5.69 Å². The Morgan fingerprint density at radius 1 is 1.27 bits per heavy atom. The van der Waals surface area contributed by atoms with E-state index in [0.717, 1.165) is 11.6 Å². The average Bonchev–Trinajstić information content (AvgIpc) is 3.03. The summed E-state index contributed by atoms with van der Waals surface area (Å²) < 4.78 is 46.4. The van der Waals surface area contributed by atoms with E-state index in [-0.39, 0.29) is 10.8 Å². The molecule has 3 heterocycles. The van der Waals surface area contributed by atoms with Gasteiger partial charge in [-0.15, -0.1) is 0 Å². The van der Waals surface area contributed by atoms with E-state index >= 15 is 0 Å². The number of nitrogens with one attached hydrogen (secondary N) is 2. The van der Waals surface area contributed by atoms with Crippen LogP contribution in [0.2, 0.25) is 5.15 Å². The average molecular weight is 445 g/mol. The van der Waals surface area contributed by atoms with Crippen molar-refractivity contribution in [2.45, 2.75) is 19.2 Å². The molecule has 160 valence electrons. The first-order valence-electron chi connectivity index (χ1n) is 8.44. The Morgan fingerprint density at radius 2 is 1.93 bits per heavy atom. The highest BCUT2D eigenvalue weighted by Gasteiger charge is 2.32. The molecule has 3 aromatic heterocycles. The number of aryl methyl sites for hydroxylation is 1. The van der Waals surface area contributed by atoms with E-state index in [1.165, 1.54) is 23.9 Å². The smallest absolute Gasteiger partial charge is 0.375 e. The number of aromatic nitrogens is 4. The van der Waals surface area contributed by atoms with Crippen LogP contribution in [0.4, 0.5) is 29.3 Å². The SMILES string of the molecule is COC(C)c1c(NC(=O)Nc2cc(C(F)(F)F)cn(C)c2=O)cnc2cc(Cl)nn12. The number of urea groups is 1. The molecular weight excluding hydrogens is 429 g/mol. The molecule has 0 aliphatic carbocycles. The molecule has 0 saturated heterocycles. The van der Waals surface area contributed by atoms with Gasteiger partial charge < -0.3 is 19.9 Å². The first-order valence-corrected chi connectivity index (χ1v) is 8.82. The van der Waals surface area contributed by atoms with Crippen LogP contribution in [0.15, 0.2) is 29.3 Å². The van der Waals surface area contributed by atoms with Gasteiger partial charge in [-0.1, -0.05) is 11.6 Å². The third kappa shape index (κ3) is 4.24. The van der Waals surface area contributed by atoms with Gasteiger partial charge in [0.25, 0.3) is 5.56 Å². The largest absolute Gasteiger partial charge is 0.417 e. The van der Waals surface area contributed by atoms with Crippen LogP contribution in [0.25, 0.3) is 5.65 Å². The molecule has 0 aliphatic heterocycles. The lowest BCUT2D eigenvalue weighted by molar-refractivity contribution is -0.138. The minimum absolute atomic E-state index is 0.165. The summed E-state index contributed by atoms with van der Waals surface area (Å²) in [5.41, 5.74) is -1.47. The molecule has 2 amide bonds. The van der Waals surface area contributed by atoms with Gasteiger partial charge in [-0.2, -0.15) is 18.3 Å². The fourth-order valence-corrected chi connectivity index (χ4v) is 2.93. The fourth-order valence-electron chi connectivity index (χ4n) is 2.75. The lowest BCUT2D eigenvalue weighted by Crippen LogP contribution is -2.29. The van der Waals surface area contributed by atoms with Crippen molar-refractivity contribution in [3.05, 3.63) is 51.3 Å². The molecule has 0 saturated carbocycles. The highest BCUT2D eigenvalue weighted by atomic mass is 35.5. The normalized spacial score (nSPS) is 12.8. The first-order chi connectivity index (χ1) is 14.0. The quantitative estimate of drug-likeness (QED) is 0.641. The van der Waals surface area contributed by atoms with Crippen LogP contribution in [-0.4, -0.2) is 32.3 Å². The van der Waals surface area contributed by atoms with E-state index in [1.807, 2.05) is 0 Å². The second kappa shape index (κ2) is 7.95. The number of hydrogen-bond acceptors (Lipinski definition) is 5. The number of ether oxygens (including phenoxy) is 1. The molecule has 1 unspecified atom stereocenters. The second-order valence-electron chi connectivity index (χ2n) is 6.31. The molecule has 3 aromatic rings. The number of alkyl halides is 3. The van der Waals surface area contributed by atoms with Crippen LogP contribution in [0.5, 0.6) is 0 Å². The maximum atomic E-state index is 13.0. The lowest BCUT2D eigenvalue weighted by atomic mass is 10.2. The van der Waals surface area contributed by atoms with E-state index in [1.54, 1.807) is 6.92 Å². The zero-order chi connectivity index (χ0) is 22.2. The summed E-state index contributed by atoms with van der Waals surface area (Å²) in [6.45, 7) is 1.69. The molecule has 2 N–H and O–H groups in total. The Hall–Kier alpha value is -3.12. The van der Waals surface area contributed by atoms with Gasteiger partial charge in [0.15, 0.2) is 10.8 Å². The van der Waals surface area contributed by atoms with Crippen molar-refractivity contribution in [3.63, 3.8) is 0 Å². The molecule has 0 aliphatic rings. The Balaban J connectivity index is 1.95. The predicted molar refractivity (Wildman–Crippen MR) is 103 cm³/mol. The van der Waals surface area contributed by atoms with E-state index in [2.05, 4.69) is 20.7 Å². The number of pyridine rings is 1. The first kappa shape index (κ1) is 21.6. The number of methoxy groups -OCH3 is 1. The lowest BCUT2D eigenvalue weighted by Gasteiger charge is -2.17. The predicted octanol–water partition coefficient (Wildman–Crippen LogP) is 3.45. The summed E-state index contributed by atoms with van der Waals surface area (Å²) in [6, 6.07) is 1.12. The van der Waals surface area contributed by atoms with E-state index < -0.39 is 35.1 Å². The van der Waals surface area contributed by atoms with Crippen LogP contribution in [0, 0.1) is 0 Å². The molecule has 30 heavy (non-hydrogen) atoms. The highest BCUT2D eigenvalue weighted by Crippen LogP contribution is 2.30. The topological polar surface area (TPSA) is 103 Å². The van der Waals surface area contributed by atoms with Gasteiger partial charge >= 0.3 is 12.2 Å². The Kier molecular flexibility index (Phi) is 5.72. The molecule has 3 rings (SSSR count). The number of amides is 2. The number of nitrogens with zero attached hydrogens (tertiary/aromatic N) is 4. The van der Waals surface area contributed by atoms with Gasteiger partial charge in [0.05, 0.1) is 29.2 Å². The van der Waals surface area contributed by atoms with Crippen LogP contribution in [0.1, 0.15) is 24.3 Å². The number of carbonyl (C=O) groups excluding carboxylic acids is 1. The minimum Gasteiger partial charge on any atom is -0.375 e. The van der Waals surface area contributed by atoms with E-state index in [4.69, 9.17) is 16.3 Å². The number of halogens is 4. The van der Waals surface area contributed by atoms with Crippen molar-refractivity contribution < 1.29 is 22.7 Å². The summed E-state index contributed by atoms with van der Waals surface area (Å²) in [4.78, 5) is 28.7. The molecule has 13 heteroatoms. The third-order valence-electron chi connectivity index (χ3n) is 4.24. The number of hydrogen-bond donors (Lipinski definition) is 2. The Bertz CT molecular complexity index is 1170. The molecule has 0 bridgehead atoms. The second-order valence-corrected chi connectivity index (χ2v) is 6.69. The number of rotatable bonds is 4. The summed E-state index contributed by atoms with van der Waals surface area (Å²) in [6.07, 6.45) is -3.28. The van der Waals surface area contributed by atoms with Crippen molar-refractivity contribution in [3.8, 4) is 0 Å². The molecular formula is C17H16ClF3N6O3. The summed E-state index contributed by atoms with van der Waals surface area (Å²) in [5.74, 6) is 0. The number of anilines is 2. The zero-order valence-corrected chi connectivity index (χ0v) is 16.7. The van der Waals surface area contributed by atoms with Crippen LogP contribution >= 0.6 is 11.6 Å². The van der Waals surface area contributed by atoms with E-state index in [9.17, 15) is 22.8 Å². The molecule has 0 radical (unpaired) electrons. The third-order valence-corrected chi connectivity index (χ3v) is 4.42. The summed E-state index contributed by atoms with van der Waals surface area (Å²) in [7, 11) is 2.59. The molecule has 1 atom stereocenters. The zero-order valence-electron chi connectivity index (χ0n) is 15.9. The van der Waals surface area contributed by atoms with Crippen molar-refractivity contribution in [1.82, 2.24) is 19.2 Å². The van der Waals surface area contributed by atoms with Gasteiger partial charge in [0, 0.05) is 26.4 Å². The van der Waals surface area contributed by atoms with Crippen LogP contribution in [0.3, 0.4) is 0 Å². The number of carbonyl (C=O) groups is 1. The van der Waals surface area contributed by atoms with Crippen molar-refractivity contribution >= 4 is 34.7 Å². The fraction of sp³-hybridized carbons (Fsp3) is 0.294. The molecule has 0 aromatic carbocycles. The molecule has 0 spiro atoms. The maximum Gasteiger partial charge on any atom is 0.417 e. The van der Waals surface area contributed by atoms with Crippen LogP contribution in [-0.2, 0) is 18.0 Å². The van der Waals surface area contributed by atoms with Crippen LogP contribution < -0.4 is 16.2 Å². The Morgan fingerprint density at radius 3 is 2.57 bits per heavy atom. The van der Waals surface area contributed by atoms with Gasteiger partial charge in [-0.25, -0.2) is 14.3 Å². The Labute approximate surface area is 172 Å². The summed E-state index contributed by atoms with van der Waals surface area (Å²) in [5, 5.41) is 8.85. The monoisotopic (exact) mass is 444 g/mol. The van der Waals surface area contributed by atoms with Gasteiger partial charge in [-0.3, -0.25) is 4.79 Å². The van der Waals surface area contributed by atoms with Gasteiger partial charge in [-0.05, 0) is 13.0 Å². The van der Waals surface area contributed by atoms with E-state index in [0.29, 0.717) is 23.6 Å². The summed E-state index contributed by atoms with van der Waals surface area (Å²) >= 11 is 5.91. The van der Waals surface area contributed by atoms with Gasteiger partial charge in [0.2, 0.25) is 0 Å². The maximum absolute atomic E-state index is 13.0. The standard InChI is InChI=1S/C17H16ClF3N6O3/c1-8(30-3)14-11(6-22-13-5-12(18)25-27(13)14)24-16(29)23-10-4-9(17(19,20)21)7-26(2)15(10)28/h4-8H,1-3H3,(H2,23,24,29). The van der Waals surface area contributed by atoms with Crippen molar-refractivity contribution in [2.75, 3.05) is 17.7 Å².